The molecule has 0 bridgehead atoms. The van der Waals surface area contributed by atoms with Crippen molar-refractivity contribution >= 4 is 21.6 Å². The highest BCUT2D eigenvalue weighted by Gasteiger charge is 2.33. The molecule has 116 valence electrons. The monoisotopic (exact) mass is 359 g/mol. The Balaban J connectivity index is 2.10. The van der Waals surface area contributed by atoms with Crippen molar-refractivity contribution in [2.45, 2.75) is 12.8 Å². The highest BCUT2D eigenvalue weighted by molar-refractivity contribution is 9.09. The largest absolute Gasteiger partial charge is 0.493 e. The third-order valence-corrected chi connectivity index (χ3v) is 4.92. The van der Waals surface area contributed by atoms with Crippen LogP contribution in [0.1, 0.15) is 12.8 Å². The maximum absolute atomic E-state index is 10.8. The molecule has 0 radical (unpaired) electrons. The predicted molar refractivity (Wildman–Crippen MR) is 81.4 cm³/mol. The van der Waals surface area contributed by atoms with E-state index in [1.54, 1.807) is 6.07 Å². The Morgan fingerprint density at radius 1 is 1.38 bits per heavy atom. The molecule has 6 nitrogen and oxygen atoms in total. The molecule has 1 aromatic carbocycles. The summed E-state index contributed by atoms with van der Waals surface area (Å²) in [7, 11) is 1.47. The van der Waals surface area contributed by atoms with E-state index in [0.717, 1.165) is 31.4 Å². The summed E-state index contributed by atoms with van der Waals surface area (Å²) in [5.41, 5.74) is 0.0193. The molecule has 1 fully saturated rings. The number of non-ortho nitro benzene ring substituents is 1. The van der Waals surface area contributed by atoms with E-state index in [-0.39, 0.29) is 11.1 Å². The van der Waals surface area contributed by atoms with Gasteiger partial charge in [0.1, 0.15) is 0 Å². The number of methoxy groups -OCH3 is 1. The Morgan fingerprint density at radius 3 is 2.67 bits per heavy atom. The van der Waals surface area contributed by atoms with Crippen molar-refractivity contribution in [1.82, 2.24) is 0 Å². The Morgan fingerprint density at radius 2 is 2.10 bits per heavy atom. The summed E-state index contributed by atoms with van der Waals surface area (Å²) >= 11 is 3.55. The van der Waals surface area contributed by atoms with Crippen molar-refractivity contribution in [1.29, 1.82) is 0 Å². The van der Waals surface area contributed by atoms with Crippen molar-refractivity contribution in [2.75, 3.05) is 32.3 Å². The van der Waals surface area contributed by atoms with Gasteiger partial charge in [-0.2, -0.15) is 0 Å². The molecule has 0 saturated carbocycles. The molecule has 1 heterocycles. The van der Waals surface area contributed by atoms with Crippen LogP contribution in [0, 0.1) is 15.5 Å². The van der Waals surface area contributed by atoms with Gasteiger partial charge in [-0.3, -0.25) is 10.1 Å². The first-order valence-electron chi connectivity index (χ1n) is 6.69. The van der Waals surface area contributed by atoms with Crippen LogP contribution in [0.2, 0.25) is 0 Å². The van der Waals surface area contributed by atoms with Gasteiger partial charge in [-0.1, -0.05) is 15.9 Å². The fraction of sp³-hybridized carbons (Fsp3) is 0.571. The van der Waals surface area contributed by atoms with E-state index in [9.17, 15) is 10.1 Å². The minimum atomic E-state index is -0.454. The zero-order valence-corrected chi connectivity index (χ0v) is 13.4. The lowest BCUT2D eigenvalue weighted by atomic mass is 9.83. The van der Waals surface area contributed by atoms with Crippen molar-refractivity contribution in [2.24, 2.45) is 5.41 Å². The molecule has 0 N–H and O–H groups in total. The van der Waals surface area contributed by atoms with Crippen LogP contribution in [-0.4, -0.2) is 37.2 Å². The zero-order chi connectivity index (χ0) is 15.3. The summed E-state index contributed by atoms with van der Waals surface area (Å²) in [5, 5.41) is 11.6. The molecule has 0 unspecified atom stereocenters. The maximum Gasteiger partial charge on any atom is 0.273 e. The lowest BCUT2D eigenvalue weighted by molar-refractivity contribution is -0.385. The van der Waals surface area contributed by atoms with Crippen LogP contribution in [0.15, 0.2) is 18.2 Å². The van der Waals surface area contributed by atoms with Crippen molar-refractivity contribution < 1.29 is 19.1 Å². The van der Waals surface area contributed by atoms with Crippen LogP contribution in [-0.2, 0) is 4.74 Å². The number of hydrogen-bond acceptors (Lipinski definition) is 5. The van der Waals surface area contributed by atoms with Crippen molar-refractivity contribution in [3.05, 3.63) is 28.3 Å². The highest BCUT2D eigenvalue weighted by atomic mass is 79.9. The number of alkyl halides is 1. The fourth-order valence-electron chi connectivity index (χ4n) is 2.24. The minimum Gasteiger partial charge on any atom is -0.493 e. The summed E-state index contributed by atoms with van der Waals surface area (Å²) in [6.07, 6.45) is 1.85. The average molecular weight is 360 g/mol. The van der Waals surface area contributed by atoms with Gasteiger partial charge in [0.2, 0.25) is 0 Å². The van der Waals surface area contributed by atoms with E-state index in [1.165, 1.54) is 19.2 Å². The van der Waals surface area contributed by atoms with Gasteiger partial charge >= 0.3 is 0 Å². The zero-order valence-electron chi connectivity index (χ0n) is 11.8. The van der Waals surface area contributed by atoms with Crippen molar-refractivity contribution in [3.63, 3.8) is 0 Å². The quantitative estimate of drug-likeness (QED) is 0.443. The second-order valence-corrected chi connectivity index (χ2v) is 5.69. The molecule has 1 saturated heterocycles. The van der Waals surface area contributed by atoms with Crippen LogP contribution in [0.25, 0.3) is 0 Å². The molecule has 21 heavy (non-hydrogen) atoms. The lowest BCUT2D eigenvalue weighted by Gasteiger charge is -2.35. The molecular formula is C14H18BrNO5. The maximum atomic E-state index is 10.8. The summed E-state index contributed by atoms with van der Waals surface area (Å²) in [6.45, 7) is 1.98. The van der Waals surface area contributed by atoms with Gasteiger partial charge in [0, 0.05) is 30.0 Å². The first-order chi connectivity index (χ1) is 10.1. The van der Waals surface area contributed by atoms with E-state index >= 15 is 0 Å². The van der Waals surface area contributed by atoms with Gasteiger partial charge in [0.15, 0.2) is 11.5 Å². The normalized spacial score (nSPS) is 17.2. The third-order valence-electron chi connectivity index (χ3n) is 3.73. The fourth-order valence-corrected chi connectivity index (χ4v) is 2.96. The third kappa shape index (κ3) is 3.85. The second-order valence-electron chi connectivity index (χ2n) is 5.13. The molecule has 1 aliphatic rings. The Kier molecular flexibility index (Phi) is 5.41. The predicted octanol–water partition coefficient (Wildman–Crippen LogP) is 3.17. The summed E-state index contributed by atoms with van der Waals surface area (Å²) < 4.78 is 16.4. The van der Waals surface area contributed by atoms with E-state index in [2.05, 4.69) is 15.9 Å². The van der Waals surface area contributed by atoms with Crippen molar-refractivity contribution in [3.8, 4) is 11.5 Å². The molecule has 0 atom stereocenters. The number of halogens is 1. The number of ether oxygens (including phenoxy) is 3. The van der Waals surface area contributed by atoms with Crippen LogP contribution >= 0.6 is 15.9 Å². The van der Waals surface area contributed by atoms with Gasteiger partial charge < -0.3 is 14.2 Å². The Bertz CT molecular complexity index is 502. The van der Waals surface area contributed by atoms with Crippen LogP contribution in [0.3, 0.4) is 0 Å². The molecule has 1 aliphatic heterocycles. The van der Waals surface area contributed by atoms with Gasteiger partial charge in [0.05, 0.1) is 24.7 Å². The summed E-state index contributed by atoms with van der Waals surface area (Å²) in [6, 6.07) is 4.38. The SMILES string of the molecule is COc1cc([N+](=O)[O-])ccc1OCC1(CBr)CCOCC1. The summed E-state index contributed by atoms with van der Waals surface area (Å²) in [4.78, 5) is 10.3. The van der Waals surface area contributed by atoms with E-state index in [4.69, 9.17) is 14.2 Å². The average Bonchev–Trinajstić information content (AvgIpc) is 2.53. The number of nitro benzene ring substituents is 1. The Labute approximate surface area is 131 Å². The smallest absolute Gasteiger partial charge is 0.273 e. The van der Waals surface area contributed by atoms with E-state index < -0.39 is 4.92 Å². The standard InChI is InChI=1S/C14H18BrNO5/c1-19-13-8-11(16(17)18)2-3-12(13)21-10-14(9-15)4-6-20-7-5-14/h2-3,8H,4-7,9-10H2,1H3. The minimum absolute atomic E-state index is 0.0135. The highest BCUT2D eigenvalue weighted by Crippen LogP contribution is 2.36. The lowest BCUT2D eigenvalue weighted by Crippen LogP contribution is -2.36. The van der Waals surface area contributed by atoms with Gasteiger partial charge in [0.25, 0.3) is 5.69 Å². The van der Waals surface area contributed by atoms with Crippen LogP contribution < -0.4 is 9.47 Å². The number of nitro groups is 1. The first kappa shape index (κ1) is 16.0. The number of nitrogens with zero attached hydrogens (tertiary/aromatic N) is 1. The van der Waals surface area contributed by atoms with Gasteiger partial charge in [-0.25, -0.2) is 0 Å². The number of hydrogen-bond donors (Lipinski definition) is 0. The molecule has 7 heteroatoms. The van der Waals surface area contributed by atoms with E-state index in [1.807, 2.05) is 0 Å². The molecule has 0 aromatic heterocycles. The molecule has 0 spiro atoms. The molecule has 0 aliphatic carbocycles. The van der Waals surface area contributed by atoms with E-state index in [0.29, 0.717) is 18.1 Å². The number of rotatable bonds is 6. The first-order valence-corrected chi connectivity index (χ1v) is 7.81. The molecular weight excluding hydrogens is 342 g/mol. The topological polar surface area (TPSA) is 70.8 Å². The molecule has 0 amide bonds. The van der Waals surface area contributed by atoms with Gasteiger partial charge in [-0.05, 0) is 18.9 Å². The molecule has 1 aromatic rings. The Hall–Kier alpha value is -1.34. The molecule has 2 rings (SSSR count). The number of benzene rings is 1. The van der Waals surface area contributed by atoms with Gasteiger partial charge in [-0.15, -0.1) is 0 Å². The summed E-state index contributed by atoms with van der Waals surface area (Å²) in [5.74, 6) is 0.899. The van der Waals surface area contributed by atoms with Crippen LogP contribution in [0.5, 0.6) is 11.5 Å². The van der Waals surface area contributed by atoms with Crippen LogP contribution in [0.4, 0.5) is 5.69 Å². The second kappa shape index (κ2) is 7.09.